The van der Waals surface area contributed by atoms with Crippen LogP contribution in [0.3, 0.4) is 0 Å². The molecule has 0 N–H and O–H groups in total. The van der Waals surface area contributed by atoms with Gasteiger partial charge in [0.05, 0.1) is 6.61 Å². The molecular formula is C13H24BrNO2. The molecule has 0 aromatic rings. The number of ether oxygens (including phenoxy) is 1. The van der Waals surface area contributed by atoms with Crippen LogP contribution >= 0.6 is 15.9 Å². The van der Waals surface area contributed by atoms with Crippen LogP contribution in [0, 0.1) is 5.92 Å². The highest BCUT2D eigenvalue weighted by Crippen LogP contribution is 2.26. The molecule has 1 saturated carbocycles. The van der Waals surface area contributed by atoms with Crippen molar-refractivity contribution < 1.29 is 9.53 Å². The highest BCUT2D eigenvalue weighted by atomic mass is 79.9. The molecule has 1 rings (SSSR count). The molecule has 0 aromatic carbocycles. The van der Waals surface area contributed by atoms with Crippen molar-refractivity contribution in [1.29, 1.82) is 0 Å². The maximum absolute atomic E-state index is 12.2. The Morgan fingerprint density at radius 3 is 2.59 bits per heavy atom. The normalized spacial score (nSPS) is 17.1. The fourth-order valence-corrected chi connectivity index (χ4v) is 2.86. The van der Waals surface area contributed by atoms with E-state index in [4.69, 9.17) is 4.74 Å². The summed E-state index contributed by atoms with van der Waals surface area (Å²) in [6.07, 6.45) is 7.15. The molecule has 17 heavy (non-hydrogen) atoms. The van der Waals surface area contributed by atoms with E-state index in [-0.39, 0.29) is 0 Å². The zero-order chi connectivity index (χ0) is 12.5. The Labute approximate surface area is 113 Å². The summed E-state index contributed by atoms with van der Waals surface area (Å²) in [6.45, 7) is 2.13. The largest absolute Gasteiger partial charge is 0.383 e. The first-order valence-corrected chi connectivity index (χ1v) is 7.72. The predicted octanol–water partition coefficient (Wildman–Crippen LogP) is 2.83. The van der Waals surface area contributed by atoms with Gasteiger partial charge in [-0.25, -0.2) is 0 Å². The SMILES string of the molecule is COCCN(CCBr)C(=O)CC1CCCCC1. The van der Waals surface area contributed by atoms with Gasteiger partial charge in [0.25, 0.3) is 0 Å². The summed E-state index contributed by atoms with van der Waals surface area (Å²) in [5.41, 5.74) is 0. The molecule has 0 aromatic heterocycles. The fraction of sp³-hybridized carbons (Fsp3) is 0.923. The third-order valence-electron chi connectivity index (χ3n) is 3.46. The van der Waals surface area contributed by atoms with Crippen LogP contribution < -0.4 is 0 Å². The van der Waals surface area contributed by atoms with E-state index in [1.807, 2.05) is 4.90 Å². The van der Waals surface area contributed by atoms with Crippen molar-refractivity contribution in [2.45, 2.75) is 38.5 Å². The smallest absolute Gasteiger partial charge is 0.222 e. The minimum atomic E-state index is 0.299. The topological polar surface area (TPSA) is 29.5 Å². The minimum absolute atomic E-state index is 0.299. The number of nitrogens with zero attached hydrogens (tertiary/aromatic N) is 1. The Hall–Kier alpha value is -0.0900. The van der Waals surface area contributed by atoms with Crippen molar-refractivity contribution in [3.63, 3.8) is 0 Å². The first-order valence-electron chi connectivity index (χ1n) is 6.60. The van der Waals surface area contributed by atoms with Gasteiger partial charge in [-0.05, 0) is 18.8 Å². The molecule has 0 aliphatic heterocycles. The van der Waals surface area contributed by atoms with Gasteiger partial charge in [0, 0.05) is 32.0 Å². The maximum Gasteiger partial charge on any atom is 0.222 e. The molecule has 0 saturated heterocycles. The maximum atomic E-state index is 12.2. The second kappa shape index (κ2) is 8.92. The lowest BCUT2D eigenvalue weighted by atomic mass is 9.86. The summed E-state index contributed by atoms with van der Waals surface area (Å²) in [4.78, 5) is 14.1. The van der Waals surface area contributed by atoms with E-state index in [1.165, 1.54) is 32.1 Å². The summed E-state index contributed by atoms with van der Waals surface area (Å²) in [5, 5.41) is 0.840. The average molecular weight is 306 g/mol. The molecule has 1 amide bonds. The first kappa shape index (κ1) is 15.0. The molecule has 0 radical (unpaired) electrons. The second-order valence-electron chi connectivity index (χ2n) is 4.77. The molecule has 4 heteroatoms. The summed E-state index contributed by atoms with van der Waals surface area (Å²) < 4.78 is 5.05. The molecular weight excluding hydrogens is 282 g/mol. The van der Waals surface area contributed by atoms with Gasteiger partial charge in [-0.2, -0.15) is 0 Å². The van der Waals surface area contributed by atoms with Crippen LogP contribution in [0.15, 0.2) is 0 Å². The van der Waals surface area contributed by atoms with E-state index in [0.717, 1.165) is 18.3 Å². The predicted molar refractivity (Wildman–Crippen MR) is 73.4 cm³/mol. The lowest BCUT2D eigenvalue weighted by Gasteiger charge is -2.26. The van der Waals surface area contributed by atoms with Crippen molar-refractivity contribution in [3.05, 3.63) is 0 Å². The van der Waals surface area contributed by atoms with Crippen molar-refractivity contribution in [2.24, 2.45) is 5.92 Å². The third-order valence-corrected chi connectivity index (χ3v) is 3.82. The Morgan fingerprint density at radius 1 is 1.29 bits per heavy atom. The quantitative estimate of drug-likeness (QED) is 0.677. The molecule has 0 unspecified atom stereocenters. The lowest BCUT2D eigenvalue weighted by Crippen LogP contribution is -2.36. The highest BCUT2D eigenvalue weighted by Gasteiger charge is 2.20. The molecule has 100 valence electrons. The average Bonchev–Trinajstić information content (AvgIpc) is 2.35. The number of halogens is 1. The van der Waals surface area contributed by atoms with Gasteiger partial charge in [0.1, 0.15) is 0 Å². The molecule has 1 fully saturated rings. The third kappa shape index (κ3) is 5.87. The molecule has 3 nitrogen and oxygen atoms in total. The van der Waals surface area contributed by atoms with Crippen molar-refractivity contribution in [3.8, 4) is 0 Å². The van der Waals surface area contributed by atoms with Gasteiger partial charge < -0.3 is 9.64 Å². The summed E-state index contributed by atoms with van der Waals surface area (Å²) in [7, 11) is 1.68. The molecule has 1 aliphatic carbocycles. The number of hydrogen-bond donors (Lipinski definition) is 0. The highest BCUT2D eigenvalue weighted by molar-refractivity contribution is 9.09. The molecule has 0 heterocycles. The summed E-state index contributed by atoms with van der Waals surface area (Å²) >= 11 is 3.40. The van der Waals surface area contributed by atoms with E-state index >= 15 is 0 Å². The number of alkyl halides is 1. The standard InChI is InChI=1S/C13H24BrNO2/c1-17-10-9-15(8-7-14)13(16)11-12-5-3-2-4-6-12/h12H,2-11H2,1H3. The van der Waals surface area contributed by atoms with Crippen molar-refractivity contribution in [1.82, 2.24) is 4.90 Å². The van der Waals surface area contributed by atoms with Gasteiger partial charge in [-0.3, -0.25) is 4.79 Å². The van der Waals surface area contributed by atoms with Crippen molar-refractivity contribution >= 4 is 21.8 Å². The number of carbonyl (C=O) groups excluding carboxylic acids is 1. The van der Waals surface area contributed by atoms with Crippen LogP contribution in [0.1, 0.15) is 38.5 Å². The van der Waals surface area contributed by atoms with E-state index in [2.05, 4.69) is 15.9 Å². The second-order valence-corrected chi connectivity index (χ2v) is 5.56. The van der Waals surface area contributed by atoms with Crippen LogP contribution in [0.4, 0.5) is 0 Å². The van der Waals surface area contributed by atoms with E-state index in [9.17, 15) is 4.79 Å². The zero-order valence-corrected chi connectivity index (χ0v) is 12.4. The van der Waals surface area contributed by atoms with Gasteiger partial charge in [-0.15, -0.1) is 0 Å². The monoisotopic (exact) mass is 305 g/mol. The minimum Gasteiger partial charge on any atom is -0.383 e. The van der Waals surface area contributed by atoms with Gasteiger partial charge >= 0.3 is 0 Å². The van der Waals surface area contributed by atoms with Crippen LogP contribution in [-0.4, -0.2) is 42.9 Å². The van der Waals surface area contributed by atoms with Gasteiger partial charge in [0.2, 0.25) is 5.91 Å². The Morgan fingerprint density at radius 2 is 2.00 bits per heavy atom. The molecule has 0 spiro atoms. The van der Waals surface area contributed by atoms with Gasteiger partial charge in [-0.1, -0.05) is 35.2 Å². The number of hydrogen-bond acceptors (Lipinski definition) is 2. The van der Waals surface area contributed by atoms with E-state index in [0.29, 0.717) is 25.0 Å². The molecule has 0 bridgehead atoms. The van der Waals surface area contributed by atoms with Crippen LogP contribution in [0.25, 0.3) is 0 Å². The van der Waals surface area contributed by atoms with E-state index < -0.39 is 0 Å². The molecule has 0 atom stereocenters. The van der Waals surface area contributed by atoms with Crippen LogP contribution in [0.2, 0.25) is 0 Å². The Kier molecular flexibility index (Phi) is 7.86. The van der Waals surface area contributed by atoms with Crippen LogP contribution in [-0.2, 0) is 9.53 Å². The Bertz CT molecular complexity index is 217. The van der Waals surface area contributed by atoms with E-state index in [1.54, 1.807) is 7.11 Å². The number of amides is 1. The number of rotatable bonds is 7. The number of carbonyl (C=O) groups is 1. The number of methoxy groups -OCH3 is 1. The first-order chi connectivity index (χ1) is 8.27. The summed E-state index contributed by atoms with van der Waals surface area (Å²) in [5.74, 6) is 0.921. The zero-order valence-electron chi connectivity index (χ0n) is 10.8. The van der Waals surface area contributed by atoms with Gasteiger partial charge in [0.15, 0.2) is 0 Å². The fourth-order valence-electron chi connectivity index (χ4n) is 2.43. The van der Waals surface area contributed by atoms with Crippen LogP contribution in [0.5, 0.6) is 0 Å². The van der Waals surface area contributed by atoms with Crippen molar-refractivity contribution in [2.75, 3.05) is 32.1 Å². The Balaban J connectivity index is 2.34. The summed E-state index contributed by atoms with van der Waals surface area (Å²) in [6, 6.07) is 0. The lowest BCUT2D eigenvalue weighted by molar-refractivity contribution is -0.132. The molecule has 1 aliphatic rings.